The summed E-state index contributed by atoms with van der Waals surface area (Å²) in [6.07, 6.45) is 2.40. The number of carbonyl (C=O) groups excluding carboxylic acids is 2. The molecule has 0 saturated heterocycles. The minimum atomic E-state index is -0.661. The van der Waals surface area contributed by atoms with Gasteiger partial charge in [0.05, 0.1) is 0 Å². The van der Waals surface area contributed by atoms with E-state index in [1.54, 1.807) is 25.1 Å². The van der Waals surface area contributed by atoms with E-state index in [0.717, 1.165) is 23.3 Å². The number of halogens is 1. The quantitative estimate of drug-likeness (QED) is 0.422. The van der Waals surface area contributed by atoms with Gasteiger partial charge in [0, 0.05) is 17.2 Å². The second-order valence-corrected chi connectivity index (χ2v) is 5.82. The third-order valence-electron chi connectivity index (χ3n) is 3.50. The summed E-state index contributed by atoms with van der Waals surface area (Å²) in [7, 11) is 0. The maximum atomic E-state index is 11.9. The molecule has 0 amide bonds. The van der Waals surface area contributed by atoms with Crippen molar-refractivity contribution < 1.29 is 19.1 Å². The first-order valence-corrected chi connectivity index (χ1v) is 8.29. The van der Waals surface area contributed by atoms with Gasteiger partial charge in [0.1, 0.15) is 11.9 Å². The van der Waals surface area contributed by atoms with Gasteiger partial charge in [-0.25, -0.2) is 9.59 Å². The van der Waals surface area contributed by atoms with Crippen LogP contribution in [0.3, 0.4) is 0 Å². The van der Waals surface area contributed by atoms with Crippen LogP contribution in [-0.4, -0.2) is 11.9 Å². The third-order valence-corrected chi connectivity index (χ3v) is 3.93. The van der Waals surface area contributed by atoms with Crippen molar-refractivity contribution in [3.8, 4) is 5.75 Å². The standard InChI is InChI=1S/C20H19ClO4/c1-3-18(15-7-5-4-6-8-15)25-20(23)12-11-19(22)24-16-9-10-17(21)14(2)13-16/h4-13,18H,3H2,1-2H3/b12-11+. The Balaban J connectivity index is 1.92. The molecule has 0 radical (unpaired) electrons. The van der Waals surface area contributed by atoms with Crippen molar-refractivity contribution in [3.63, 3.8) is 0 Å². The Morgan fingerprint density at radius 2 is 1.76 bits per heavy atom. The van der Waals surface area contributed by atoms with Gasteiger partial charge in [0.25, 0.3) is 0 Å². The van der Waals surface area contributed by atoms with Gasteiger partial charge in [-0.15, -0.1) is 0 Å². The second-order valence-electron chi connectivity index (χ2n) is 5.41. The second kappa shape index (κ2) is 9.04. The normalized spacial score (nSPS) is 12.0. The first-order chi connectivity index (χ1) is 12.0. The molecule has 1 unspecified atom stereocenters. The predicted molar refractivity (Wildman–Crippen MR) is 96.5 cm³/mol. The van der Waals surface area contributed by atoms with Gasteiger partial charge in [-0.05, 0) is 42.7 Å². The van der Waals surface area contributed by atoms with Crippen molar-refractivity contribution in [2.24, 2.45) is 0 Å². The van der Waals surface area contributed by atoms with Gasteiger partial charge in [0.15, 0.2) is 0 Å². The van der Waals surface area contributed by atoms with E-state index in [9.17, 15) is 9.59 Å². The molecule has 0 bridgehead atoms. The van der Waals surface area contributed by atoms with Crippen molar-refractivity contribution in [1.29, 1.82) is 0 Å². The van der Waals surface area contributed by atoms with Crippen LogP contribution in [0.4, 0.5) is 0 Å². The molecule has 2 rings (SSSR count). The lowest BCUT2D eigenvalue weighted by atomic mass is 10.1. The van der Waals surface area contributed by atoms with Gasteiger partial charge in [-0.1, -0.05) is 48.9 Å². The van der Waals surface area contributed by atoms with Crippen molar-refractivity contribution in [2.75, 3.05) is 0 Å². The van der Waals surface area contributed by atoms with Gasteiger partial charge >= 0.3 is 11.9 Å². The molecule has 5 heteroatoms. The van der Waals surface area contributed by atoms with Crippen molar-refractivity contribution in [2.45, 2.75) is 26.4 Å². The van der Waals surface area contributed by atoms with Gasteiger partial charge in [-0.3, -0.25) is 0 Å². The molecule has 25 heavy (non-hydrogen) atoms. The van der Waals surface area contributed by atoms with Crippen LogP contribution in [0.15, 0.2) is 60.7 Å². The van der Waals surface area contributed by atoms with Gasteiger partial charge in [0.2, 0.25) is 0 Å². The zero-order chi connectivity index (χ0) is 18.2. The van der Waals surface area contributed by atoms with E-state index in [0.29, 0.717) is 17.2 Å². The zero-order valence-corrected chi connectivity index (χ0v) is 14.8. The Hall–Kier alpha value is -2.59. The van der Waals surface area contributed by atoms with Crippen LogP contribution < -0.4 is 4.74 Å². The third kappa shape index (κ3) is 5.76. The molecule has 0 aliphatic carbocycles. The summed E-state index contributed by atoms with van der Waals surface area (Å²) in [4.78, 5) is 23.7. The van der Waals surface area contributed by atoms with E-state index in [4.69, 9.17) is 21.1 Å². The molecule has 0 N–H and O–H groups in total. The lowest BCUT2D eigenvalue weighted by Gasteiger charge is -2.15. The summed E-state index contributed by atoms with van der Waals surface area (Å²) in [5.74, 6) is -0.896. The Kier molecular flexibility index (Phi) is 6.78. The number of esters is 2. The smallest absolute Gasteiger partial charge is 0.336 e. The number of hydrogen-bond acceptors (Lipinski definition) is 4. The molecular formula is C20H19ClO4. The minimum absolute atomic E-state index is 0.353. The largest absolute Gasteiger partial charge is 0.454 e. The van der Waals surface area contributed by atoms with E-state index in [-0.39, 0.29) is 6.10 Å². The molecule has 1 atom stereocenters. The number of hydrogen-bond donors (Lipinski definition) is 0. The van der Waals surface area contributed by atoms with Crippen LogP contribution in [0.2, 0.25) is 5.02 Å². The summed E-state index contributed by atoms with van der Waals surface area (Å²) < 4.78 is 10.5. The fourth-order valence-corrected chi connectivity index (χ4v) is 2.32. The van der Waals surface area contributed by atoms with Gasteiger partial charge in [-0.2, -0.15) is 0 Å². The van der Waals surface area contributed by atoms with E-state index in [1.807, 2.05) is 37.3 Å². The lowest BCUT2D eigenvalue weighted by Crippen LogP contribution is -2.10. The number of carbonyl (C=O) groups is 2. The average Bonchev–Trinajstić information content (AvgIpc) is 2.62. The van der Waals surface area contributed by atoms with Crippen LogP contribution in [0.1, 0.15) is 30.6 Å². The Bertz CT molecular complexity index is 769. The molecule has 4 nitrogen and oxygen atoms in total. The van der Waals surface area contributed by atoms with Crippen LogP contribution >= 0.6 is 11.6 Å². The van der Waals surface area contributed by atoms with Crippen molar-refractivity contribution in [1.82, 2.24) is 0 Å². The highest BCUT2D eigenvalue weighted by Crippen LogP contribution is 2.22. The zero-order valence-electron chi connectivity index (χ0n) is 14.1. The monoisotopic (exact) mass is 358 g/mol. The predicted octanol–water partition coefficient (Wildman–Crippen LogP) is 4.80. The molecular weight excluding hydrogens is 340 g/mol. The maximum Gasteiger partial charge on any atom is 0.336 e. The lowest BCUT2D eigenvalue weighted by molar-refractivity contribution is -0.144. The first kappa shape index (κ1) is 18.7. The van der Waals surface area contributed by atoms with E-state index in [2.05, 4.69) is 0 Å². The molecule has 0 spiro atoms. The molecule has 0 saturated carbocycles. The van der Waals surface area contributed by atoms with Crippen molar-refractivity contribution in [3.05, 3.63) is 76.8 Å². The molecule has 0 aromatic heterocycles. The molecule has 0 aliphatic rings. The van der Waals surface area contributed by atoms with Crippen LogP contribution in [0, 0.1) is 6.92 Å². The number of aryl methyl sites for hydroxylation is 1. The maximum absolute atomic E-state index is 11.9. The van der Waals surface area contributed by atoms with Crippen LogP contribution in [0.5, 0.6) is 5.75 Å². The molecule has 2 aromatic rings. The van der Waals surface area contributed by atoms with Gasteiger partial charge < -0.3 is 9.47 Å². The molecule has 0 aliphatic heterocycles. The fourth-order valence-electron chi connectivity index (χ4n) is 2.20. The number of benzene rings is 2. The highest BCUT2D eigenvalue weighted by atomic mass is 35.5. The number of ether oxygens (including phenoxy) is 2. The fraction of sp³-hybridized carbons (Fsp3) is 0.200. The van der Waals surface area contributed by atoms with Crippen LogP contribution in [0.25, 0.3) is 0 Å². The van der Waals surface area contributed by atoms with E-state index in [1.165, 1.54) is 0 Å². The summed E-state index contributed by atoms with van der Waals surface area (Å²) in [5.41, 5.74) is 1.70. The highest BCUT2D eigenvalue weighted by Gasteiger charge is 2.13. The summed E-state index contributed by atoms with van der Waals surface area (Å²) in [5, 5.41) is 0.588. The number of rotatable bonds is 6. The Morgan fingerprint density at radius 1 is 1.08 bits per heavy atom. The SMILES string of the molecule is CCC(OC(=O)/C=C/C(=O)Oc1ccc(Cl)c(C)c1)c1ccccc1. The Labute approximate surface area is 152 Å². The van der Waals surface area contributed by atoms with Crippen LogP contribution in [-0.2, 0) is 14.3 Å². The molecule has 0 fully saturated rings. The van der Waals surface area contributed by atoms with Crippen molar-refractivity contribution >= 4 is 23.5 Å². The molecule has 0 heterocycles. The molecule has 2 aromatic carbocycles. The first-order valence-electron chi connectivity index (χ1n) is 7.91. The molecule has 130 valence electrons. The summed E-state index contributed by atoms with van der Waals surface area (Å²) in [6.45, 7) is 3.73. The Morgan fingerprint density at radius 3 is 2.40 bits per heavy atom. The topological polar surface area (TPSA) is 52.6 Å². The highest BCUT2D eigenvalue weighted by molar-refractivity contribution is 6.31. The van der Waals surface area contributed by atoms with E-state index >= 15 is 0 Å². The van der Waals surface area contributed by atoms with E-state index < -0.39 is 11.9 Å². The average molecular weight is 359 g/mol. The summed E-state index contributed by atoms with van der Waals surface area (Å²) >= 11 is 5.92. The minimum Gasteiger partial charge on any atom is -0.454 e. The summed E-state index contributed by atoms with van der Waals surface area (Å²) in [6, 6.07) is 14.3.